The van der Waals surface area contributed by atoms with Crippen molar-refractivity contribution in [1.82, 2.24) is 15.2 Å². The number of para-hydroxylation sites is 1. The van der Waals surface area contributed by atoms with Crippen molar-refractivity contribution in [2.45, 2.75) is 0 Å². The average molecular weight is 349 g/mol. The summed E-state index contributed by atoms with van der Waals surface area (Å²) >= 11 is 0. The van der Waals surface area contributed by atoms with Crippen molar-refractivity contribution < 1.29 is 18.7 Å². The minimum atomic E-state index is -0.385. The number of fused-ring (bicyclic) bond motifs is 1. The Bertz CT molecular complexity index is 1100. The second-order valence-corrected chi connectivity index (χ2v) is 5.56. The lowest BCUT2D eigenvalue weighted by Crippen LogP contribution is -2.03. The fourth-order valence-corrected chi connectivity index (χ4v) is 2.77. The van der Waals surface area contributed by atoms with Crippen molar-refractivity contribution >= 4 is 16.7 Å². The predicted molar refractivity (Wildman–Crippen MR) is 94.6 cm³/mol. The molecule has 0 bridgehead atoms. The molecule has 1 N–H and O–H groups in total. The fourth-order valence-electron chi connectivity index (χ4n) is 2.77. The number of rotatable bonds is 5. The smallest absolute Gasteiger partial charge is 0.289 e. The summed E-state index contributed by atoms with van der Waals surface area (Å²) in [5.41, 5.74) is 2.07. The Morgan fingerprint density at radius 1 is 1.04 bits per heavy atom. The molecular weight excluding hydrogens is 334 g/mol. The summed E-state index contributed by atoms with van der Waals surface area (Å²) in [7, 11) is 3.04. The molecule has 2 aromatic carbocycles. The summed E-state index contributed by atoms with van der Waals surface area (Å²) in [6.07, 6.45) is 1.78. The molecule has 0 aliphatic rings. The van der Waals surface area contributed by atoms with Gasteiger partial charge >= 0.3 is 0 Å². The first-order chi connectivity index (χ1) is 12.7. The molecule has 7 heteroatoms. The van der Waals surface area contributed by atoms with E-state index in [1.165, 1.54) is 14.2 Å². The van der Waals surface area contributed by atoms with Gasteiger partial charge in [-0.1, -0.05) is 18.2 Å². The summed E-state index contributed by atoms with van der Waals surface area (Å²) in [5.74, 6) is 0.803. The molecule has 0 fully saturated rings. The molecule has 4 aromatic rings. The molecular formula is C19H15N3O4. The summed E-state index contributed by atoms with van der Waals surface area (Å²) in [6.45, 7) is 0. The molecule has 0 amide bonds. The van der Waals surface area contributed by atoms with Gasteiger partial charge in [-0.2, -0.15) is 0 Å². The van der Waals surface area contributed by atoms with Gasteiger partial charge in [0, 0.05) is 22.7 Å². The number of aromatic amines is 1. The van der Waals surface area contributed by atoms with E-state index in [9.17, 15) is 4.79 Å². The van der Waals surface area contributed by atoms with Gasteiger partial charge in [-0.25, -0.2) is 0 Å². The van der Waals surface area contributed by atoms with Gasteiger partial charge < -0.3 is 18.9 Å². The first-order valence-corrected chi connectivity index (χ1v) is 7.88. The maximum Gasteiger partial charge on any atom is 0.289 e. The van der Waals surface area contributed by atoms with Crippen molar-refractivity contribution in [3.63, 3.8) is 0 Å². The maximum atomic E-state index is 12.7. The molecule has 0 unspecified atom stereocenters. The number of nitrogens with one attached hydrogen (secondary N) is 1. The van der Waals surface area contributed by atoms with Gasteiger partial charge in [0.25, 0.3) is 5.89 Å². The minimum absolute atomic E-state index is 0.0856. The van der Waals surface area contributed by atoms with Gasteiger partial charge in [0.05, 0.1) is 19.8 Å². The summed E-state index contributed by atoms with van der Waals surface area (Å²) < 4.78 is 16.0. The number of benzene rings is 2. The molecule has 0 saturated heterocycles. The number of carbonyl (C=O) groups is 1. The van der Waals surface area contributed by atoms with Gasteiger partial charge in [-0.05, 0) is 24.3 Å². The number of aromatic nitrogens is 3. The van der Waals surface area contributed by atoms with Crippen molar-refractivity contribution in [2.75, 3.05) is 14.2 Å². The number of hydrogen-bond acceptors (Lipinski definition) is 6. The molecule has 4 rings (SSSR count). The van der Waals surface area contributed by atoms with E-state index < -0.39 is 0 Å². The van der Waals surface area contributed by atoms with E-state index in [1.54, 1.807) is 24.4 Å². The Morgan fingerprint density at radius 2 is 1.85 bits per heavy atom. The van der Waals surface area contributed by atoms with E-state index >= 15 is 0 Å². The van der Waals surface area contributed by atoms with Crippen LogP contribution >= 0.6 is 0 Å². The summed E-state index contributed by atoms with van der Waals surface area (Å²) in [4.78, 5) is 15.8. The zero-order valence-electron chi connectivity index (χ0n) is 14.1. The molecule has 2 heterocycles. The van der Waals surface area contributed by atoms with Crippen molar-refractivity contribution in [3.8, 4) is 23.0 Å². The van der Waals surface area contributed by atoms with E-state index in [2.05, 4.69) is 15.2 Å². The molecule has 0 aliphatic carbocycles. The van der Waals surface area contributed by atoms with Crippen LogP contribution in [0.3, 0.4) is 0 Å². The monoisotopic (exact) mass is 349 g/mol. The second kappa shape index (κ2) is 6.36. The first kappa shape index (κ1) is 15.9. The van der Waals surface area contributed by atoms with Crippen LogP contribution in [0.15, 0.2) is 53.1 Å². The molecule has 2 aromatic heterocycles. The van der Waals surface area contributed by atoms with Gasteiger partial charge in [0.15, 0.2) is 11.5 Å². The highest BCUT2D eigenvalue weighted by atomic mass is 16.5. The number of ketones is 1. The molecule has 0 atom stereocenters. The second-order valence-electron chi connectivity index (χ2n) is 5.56. The van der Waals surface area contributed by atoms with Crippen LogP contribution in [0.2, 0.25) is 0 Å². The van der Waals surface area contributed by atoms with Crippen LogP contribution in [-0.4, -0.2) is 35.2 Å². The third-order valence-electron chi connectivity index (χ3n) is 4.08. The highest BCUT2D eigenvalue weighted by molar-refractivity contribution is 6.06. The number of carbonyl (C=O) groups excluding carboxylic acids is 1. The zero-order chi connectivity index (χ0) is 18.1. The lowest BCUT2D eigenvalue weighted by Gasteiger charge is -2.07. The Kier molecular flexibility index (Phi) is 3.89. The average Bonchev–Trinajstić information content (AvgIpc) is 3.33. The fraction of sp³-hybridized carbons (Fsp3) is 0.105. The van der Waals surface area contributed by atoms with Gasteiger partial charge in [-0.15, -0.1) is 10.2 Å². The molecule has 0 aliphatic heterocycles. The molecule has 0 spiro atoms. The standard InChI is InChI=1S/C19H15N3O4/c1-24-15-8-7-11(9-16(15)25-2)17(23)19-22-21-18(26-19)13-10-20-14-6-4-3-5-12(13)14/h3-10,20H,1-2H3. The van der Waals surface area contributed by atoms with Crippen LogP contribution in [-0.2, 0) is 0 Å². The number of ether oxygens (including phenoxy) is 2. The third-order valence-corrected chi connectivity index (χ3v) is 4.08. The van der Waals surface area contributed by atoms with Crippen LogP contribution in [0.4, 0.5) is 0 Å². The summed E-state index contributed by atoms with van der Waals surface area (Å²) in [6, 6.07) is 12.6. The SMILES string of the molecule is COc1ccc(C(=O)c2nnc(-c3c[nH]c4ccccc34)o2)cc1OC. The van der Waals surface area contributed by atoms with Gasteiger partial charge in [-0.3, -0.25) is 4.79 Å². The number of methoxy groups -OCH3 is 2. The van der Waals surface area contributed by atoms with E-state index in [0.717, 1.165) is 16.5 Å². The normalized spacial score (nSPS) is 10.8. The van der Waals surface area contributed by atoms with Crippen LogP contribution in [0, 0.1) is 0 Å². The summed E-state index contributed by atoms with van der Waals surface area (Å²) in [5, 5.41) is 8.87. The van der Waals surface area contributed by atoms with Crippen molar-refractivity contribution in [3.05, 3.63) is 60.1 Å². The first-order valence-electron chi connectivity index (χ1n) is 7.88. The Morgan fingerprint density at radius 3 is 2.65 bits per heavy atom. The van der Waals surface area contributed by atoms with E-state index in [-0.39, 0.29) is 17.6 Å². The van der Waals surface area contributed by atoms with Gasteiger partial charge in [0.1, 0.15) is 0 Å². The lowest BCUT2D eigenvalue weighted by atomic mass is 10.1. The topological polar surface area (TPSA) is 90.2 Å². The maximum absolute atomic E-state index is 12.7. The lowest BCUT2D eigenvalue weighted by molar-refractivity contribution is 0.100. The molecule has 7 nitrogen and oxygen atoms in total. The van der Waals surface area contributed by atoms with E-state index in [1.807, 2.05) is 24.3 Å². The van der Waals surface area contributed by atoms with E-state index in [4.69, 9.17) is 13.9 Å². The van der Waals surface area contributed by atoms with Crippen LogP contribution in [0.5, 0.6) is 11.5 Å². The number of H-pyrrole nitrogens is 1. The van der Waals surface area contributed by atoms with Crippen LogP contribution in [0.1, 0.15) is 16.2 Å². The molecule has 26 heavy (non-hydrogen) atoms. The van der Waals surface area contributed by atoms with Crippen LogP contribution in [0.25, 0.3) is 22.4 Å². The number of hydrogen-bond donors (Lipinski definition) is 1. The van der Waals surface area contributed by atoms with Crippen LogP contribution < -0.4 is 9.47 Å². The highest BCUT2D eigenvalue weighted by Gasteiger charge is 2.20. The predicted octanol–water partition coefficient (Wildman–Crippen LogP) is 3.47. The number of nitrogens with zero attached hydrogens (tertiary/aromatic N) is 2. The zero-order valence-corrected chi connectivity index (χ0v) is 14.1. The van der Waals surface area contributed by atoms with Gasteiger partial charge in [0.2, 0.25) is 11.7 Å². The van der Waals surface area contributed by atoms with E-state index in [0.29, 0.717) is 17.1 Å². The largest absolute Gasteiger partial charge is 0.493 e. The Balaban J connectivity index is 1.69. The molecule has 130 valence electrons. The Hall–Kier alpha value is -3.61. The van der Waals surface area contributed by atoms with Crippen molar-refractivity contribution in [2.24, 2.45) is 0 Å². The van der Waals surface area contributed by atoms with Crippen molar-refractivity contribution in [1.29, 1.82) is 0 Å². The third kappa shape index (κ3) is 2.59. The molecule has 0 saturated carbocycles. The molecule has 0 radical (unpaired) electrons. The highest BCUT2D eigenvalue weighted by Crippen LogP contribution is 2.30. The Labute approximate surface area is 148 Å². The minimum Gasteiger partial charge on any atom is -0.493 e. The quantitative estimate of drug-likeness (QED) is 0.555.